The Hall–Kier alpha value is -1.70. The number of nitrogens with one attached hydrogen (secondary N) is 1. The Morgan fingerprint density at radius 1 is 1.24 bits per heavy atom. The molecule has 2 rings (SSSR count). The van der Waals surface area contributed by atoms with Crippen LogP contribution in [-0.4, -0.2) is 20.0 Å². The van der Waals surface area contributed by atoms with Gasteiger partial charge in [-0.15, -0.1) is 0 Å². The molecule has 0 bridgehead atoms. The van der Waals surface area contributed by atoms with E-state index in [4.69, 9.17) is 22.4 Å². The van der Waals surface area contributed by atoms with Gasteiger partial charge in [0.05, 0.1) is 12.0 Å². The largest absolute Gasteiger partial charge is 0.469 e. The Balaban J connectivity index is 1.99. The van der Waals surface area contributed by atoms with Crippen LogP contribution in [0.25, 0.3) is 0 Å². The van der Waals surface area contributed by atoms with Crippen molar-refractivity contribution in [2.24, 2.45) is 5.73 Å². The van der Waals surface area contributed by atoms with Crippen LogP contribution in [0.1, 0.15) is 16.9 Å². The number of rotatable bonds is 7. The molecule has 1 aromatic heterocycles. The summed E-state index contributed by atoms with van der Waals surface area (Å²) >= 11 is 4.93. The number of hydrogen-bond donors (Lipinski definition) is 2. The van der Waals surface area contributed by atoms with Gasteiger partial charge in [0.15, 0.2) is 0 Å². The SMILES string of the molecule is NC(=S)c1ccccc1CS(=O)(=O)NCCc1ccco1. The second kappa shape index (κ2) is 6.84. The van der Waals surface area contributed by atoms with Crippen LogP contribution in [0, 0.1) is 0 Å². The quantitative estimate of drug-likeness (QED) is 0.755. The molecule has 0 saturated heterocycles. The monoisotopic (exact) mass is 324 g/mol. The van der Waals surface area contributed by atoms with Gasteiger partial charge in [0.25, 0.3) is 0 Å². The van der Waals surface area contributed by atoms with Crippen molar-refractivity contribution in [3.8, 4) is 0 Å². The van der Waals surface area contributed by atoms with E-state index in [9.17, 15) is 8.42 Å². The van der Waals surface area contributed by atoms with Crippen molar-refractivity contribution in [2.75, 3.05) is 6.54 Å². The predicted molar refractivity (Wildman–Crippen MR) is 85.4 cm³/mol. The molecule has 0 saturated carbocycles. The lowest BCUT2D eigenvalue weighted by Crippen LogP contribution is -2.28. The average molecular weight is 324 g/mol. The Bertz CT molecular complexity index is 710. The van der Waals surface area contributed by atoms with Gasteiger partial charge in [-0.1, -0.05) is 36.5 Å². The summed E-state index contributed by atoms with van der Waals surface area (Å²) in [6.07, 6.45) is 2.06. The van der Waals surface area contributed by atoms with E-state index in [0.29, 0.717) is 17.5 Å². The normalized spacial score (nSPS) is 11.4. The standard InChI is InChI=1S/C14H16N2O3S2/c15-14(20)13-6-2-1-4-11(13)10-21(17,18)16-8-7-12-5-3-9-19-12/h1-6,9,16H,7-8,10H2,(H2,15,20). The highest BCUT2D eigenvalue weighted by molar-refractivity contribution is 7.88. The first-order chi connectivity index (χ1) is 9.98. The third kappa shape index (κ3) is 4.66. The lowest BCUT2D eigenvalue weighted by atomic mass is 10.1. The smallest absolute Gasteiger partial charge is 0.215 e. The molecule has 0 atom stereocenters. The zero-order chi connectivity index (χ0) is 15.3. The maximum atomic E-state index is 12.1. The first-order valence-electron chi connectivity index (χ1n) is 6.35. The molecule has 0 aliphatic rings. The molecule has 1 heterocycles. The molecule has 0 spiro atoms. The van der Waals surface area contributed by atoms with Crippen molar-refractivity contribution in [3.63, 3.8) is 0 Å². The first kappa shape index (κ1) is 15.7. The number of nitrogens with two attached hydrogens (primary N) is 1. The molecule has 0 amide bonds. The highest BCUT2D eigenvalue weighted by atomic mass is 32.2. The molecule has 1 aromatic carbocycles. The fourth-order valence-corrected chi connectivity index (χ4v) is 3.30. The summed E-state index contributed by atoms with van der Waals surface area (Å²) in [5.41, 5.74) is 6.78. The molecule has 0 unspecified atom stereocenters. The van der Waals surface area contributed by atoms with Gasteiger partial charge in [-0.25, -0.2) is 13.1 Å². The fourth-order valence-electron chi connectivity index (χ4n) is 1.93. The molecule has 112 valence electrons. The van der Waals surface area contributed by atoms with Gasteiger partial charge in [0, 0.05) is 18.5 Å². The van der Waals surface area contributed by atoms with Crippen molar-refractivity contribution < 1.29 is 12.8 Å². The minimum atomic E-state index is -3.45. The summed E-state index contributed by atoms with van der Waals surface area (Å²) in [7, 11) is -3.45. The fraction of sp³-hybridized carbons (Fsp3) is 0.214. The van der Waals surface area contributed by atoms with Crippen LogP contribution in [-0.2, 0) is 22.2 Å². The van der Waals surface area contributed by atoms with Crippen molar-refractivity contribution in [2.45, 2.75) is 12.2 Å². The van der Waals surface area contributed by atoms with E-state index in [1.165, 1.54) is 0 Å². The van der Waals surface area contributed by atoms with Gasteiger partial charge >= 0.3 is 0 Å². The highest BCUT2D eigenvalue weighted by Gasteiger charge is 2.14. The lowest BCUT2D eigenvalue weighted by molar-refractivity contribution is 0.506. The lowest BCUT2D eigenvalue weighted by Gasteiger charge is -2.09. The Kier molecular flexibility index (Phi) is 5.11. The third-order valence-electron chi connectivity index (χ3n) is 2.90. The second-order valence-electron chi connectivity index (χ2n) is 4.50. The molecule has 0 fully saturated rings. The molecular formula is C14H16N2O3S2. The molecule has 21 heavy (non-hydrogen) atoms. The Morgan fingerprint density at radius 2 is 2.00 bits per heavy atom. The summed E-state index contributed by atoms with van der Waals surface area (Å²) in [6.45, 7) is 0.283. The minimum Gasteiger partial charge on any atom is -0.469 e. The van der Waals surface area contributed by atoms with Crippen LogP contribution in [0.2, 0.25) is 0 Å². The Labute approximate surface area is 129 Å². The minimum absolute atomic E-state index is 0.154. The van der Waals surface area contributed by atoms with E-state index < -0.39 is 10.0 Å². The van der Waals surface area contributed by atoms with Crippen LogP contribution in [0.3, 0.4) is 0 Å². The number of thiocarbonyl (C=S) groups is 1. The molecule has 0 aliphatic carbocycles. The average Bonchev–Trinajstić information content (AvgIpc) is 2.91. The maximum Gasteiger partial charge on any atom is 0.215 e. The van der Waals surface area contributed by atoms with Gasteiger partial charge < -0.3 is 10.2 Å². The summed E-state index contributed by atoms with van der Waals surface area (Å²) in [6, 6.07) is 10.5. The van der Waals surface area contributed by atoms with Crippen molar-refractivity contribution in [1.82, 2.24) is 4.72 Å². The molecular weight excluding hydrogens is 308 g/mol. The number of furan rings is 1. The van der Waals surface area contributed by atoms with Crippen LogP contribution in [0.4, 0.5) is 0 Å². The van der Waals surface area contributed by atoms with Gasteiger partial charge in [-0.3, -0.25) is 0 Å². The first-order valence-corrected chi connectivity index (χ1v) is 8.41. The second-order valence-corrected chi connectivity index (χ2v) is 6.75. The van der Waals surface area contributed by atoms with Crippen molar-refractivity contribution >= 4 is 27.2 Å². The number of sulfonamides is 1. The van der Waals surface area contributed by atoms with E-state index in [0.717, 1.165) is 5.76 Å². The van der Waals surface area contributed by atoms with Crippen LogP contribution >= 0.6 is 12.2 Å². The molecule has 5 nitrogen and oxygen atoms in total. The van der Waals surface area contributed by atoms with E-state index >= 15 is 0 Å². The predicted octanol–water partition coefficient (Wildman–Crippen LogP) is 1.58. The molecule has 0 radical (unpaired) electrons. The summed E-state index contributed by atoms with van der Waals surface area (Å²) in [5, 5.41) is 0. The number of hydrogen-bond acceptors (Lipinski definition) is 4. The molecule has 0 aliphatic heterocycles. The van der Waals surface area contributed by atoms with Crippen molar-refractivity contribution in [1.29, 1.82) is 0 Å². The zero-order valence-corrected chi connectivity index (χ0v) is 12.9. The summed E-state index contributed by atoms with van der Waals surface area (Å²) in [4.78, 5) is 0.191. The summed E-state index contributed by atoms with van der Waals surface area (Å²) < 4.78 is 31.8. The number of benzene rings is 1. The maximum absolute atomic E-state index is 12.1. The molecule has 7 heteroatoms. The van der Waals surface area contributed by atoms with Crippen LogP contribution in [0.5, 0.6) is 0 Å². The van der Waals surface area contributed by atoms with Crippen LogP contribution in [0.15, 0.2) is 47.1 Å². The molecule has 3 N–H and O–H groups in total. The van der Waals surface area contributed by atoms with Gasteiger partial charge in [0.2, 0.25) is 10.0 Å². The topological polar surface area (TPSA) is 85.3 Å². The summed E-state index contributed by atoms with van der Waals surface area (Å²) in [5.74, 6) is 0.583. The van der Waals surface area contributed by atoms with E-state index in [2.05, 4.69) is 4.72 Å². The van der Waals surface area contributed by atoms with Crippen molar-refractivity contribution in [3.05, 3.63) is 59.5 Å². The third-order valence-corrected chi connectivity index (χ3v) is 4.46. The van der Waals surface area contributed by atoms with E-state index in [-0.39, 0.29) is 17.3 Å². The van der Waals surface area contributed by atoms with Crippen LogP contribution < -0.4 is 10.5 Å². The highest BCUT2D eigenvalue weighted by Crippen LogP contribution is 2.12. The molecule has 2 aromatic rings. The van der Waals surface area contributed by atoms with Gasteiger partial charge in [0.1, 0.15) is 10.7 Å². The Morgan fingerprint density at radius 3 is 2.67 bits per heavy atom. The van der Waals surface area contributed by atoms with Gasteiger partial charge in [-0.05, 0) is 17.7 Å². The van der Waals surface area contributed by atoms with E-state index in [1.807, 2.05) is 0 Å². The van der Waals surface area contributed by atoms with E-state index in [1.54, 1.807) is 42.7 Å². The zero-order valence-electron chi connectivity index (χ0n) is 11.3. The van der Waals surface area contributed by atoms with Gasteiger partial charge in [-0.2, -0.15) is 0 Å².